The fourth-order valence-corrected chi connectivity index (χ4v) is 4.30. The highest BCUT2D eigenvalue weighted by Crippen LogP contribution is 2.21. The van der Waals surface area contributed by atoms with Crippen LogP contribution in [0.5, 0.6) is 0 Å². The number of anilines is 1. The van der Waals surface area contributed by atoms with Crippen molar-refractivity contribution in [3.63, 3.8) is 0 Å². The number of carbonyl (C=O) groups is 3. The molecule has 0 unspecified atom stereocenters. The summed E-state index contributed by atoms with van der Waals surface area (Å²) in [6.07, 6.45) is 1.71. The second-order valence-corrected chi connectivity index (χ2v) is 10.9. The highest BCUT2D eigenvalue weighted by atomic mass is 35.5. The molecule has 2 amide bonds. The Bertz CT molecular complexity index is 1170. The average Bonchev–Trinajstić information content (AvgIpc) is 2.80. The van der Waals surface area contributed by atoms with Gasteiger partial charge in [-0.2, -0.15) is 0 Å². The van der Waals surface area contributed by atoms with Crippen LogP contribution in [0.15, 0.2) is 48.5 Å². The second-order valence-electron chi connectivity index (χ2n) is 8.52. The van der Waals surface area contributed by atoms with Gasteiger partial charge in [0, 0.05) is 23.2 Å². The number of sulfonamides is 1. The van der Waals surface area contributed by atoms with Crippen molar-refractivity contribution in [2.45, 2.75) is 52.7 Å². The highest BCUT2D eigenvalue weighted by Gasteiger charge is 2.30. The maximum absolute atomic E-state index is 13.5. The van der Waals surface area contributed by atoms with Gasteiger partial charge in [-0.05, 0) is 57.0 Å². The predicted molar refractivity (Wildman–Crippen MR) is 138 cm³/mol. The van der Waals surface area contributed by atoms with Crippen LogP contribution >= 0.6 is 11.6 Å². The second kappa shape index (κ2) is 12.2. The first-order valence-electron chi connectivity index (χ1n) is 11.3. The van der Waals surface area contributed by atoms with Crippen molar-refractivity contribution in [2.24, 2.45) is 0 Å². The third kappa shape index (κ3) is 8.07. The summed E-state index contributed by atoms with van der Waals surface area (Å²) in [5.74, 6) is -1.14. The zero-order valence-electron chi connectivity index (χ0n) is 20.6. The molecule has 0 aliphatic carbocycles. The molecule has 0 aliphatic rings. The van der Waals surface area contributed by atoms with Crippen LogP contribution < -0.4 is 9.62 Å². The first kappa shape index (κ1) is 28.3. The van der Waals surface area contributed by atoms with Gasteiger partial charge < -0.3 is 10.2 Å². The smallest absolute Gasteiger partial charge is 0.244 e. The molecule has 2 aromatic rings. The molecule has 1 N–H and O–H groups in total. The number of ketones is 1. The molecule has 2 atom stereocenters. The number of nitrogens with zero attached hydrogens (tertiary/aromatic N) is 2. The van der Waals surface area contributed by atoms with E-state index in [1.807, 2.05) is 13.8 Å². The van der Waals surface area contributed by atoms with Gasteiger partial charge in [-0.1, -0.05) is 42.8 Å². The summed E-state index contributed by atoms with van der Waals surface area (Å²) in [6, 6.07) is 12.0. The van der Waals surface area contributed by atoms with Crippen molar-refractivity contribution in [3.05, 3.63) is 64.7 Å². The zero-order chi connectivity index (χ0) is 26.3. The topological polar surface area (TPSA) is 104 Å². The quantitative estimate of drug-likeness (QED) is 0.455. The van der Waals surface area contributed by atoms with E-state index in [-0.39, 0.29) is 30.0 Å². The standard InChI is InChI=1S/C25H32ClN3O5S/c1-6-17(2)27-25(32)18(3)28(15-20-10-12-22(26)13-11-20)24(31)16-29(35(5,33)34)23-9-7-8-21(14-23)19(4)30/h7-14,17-18H,6,15-16H2,1-5H3,(H,27,32)/t17-,18+/m1/s1. The molecule has 2 aromatic carbocycles. The van der Waals surface area contributed by atoms with Gasteiger partial charge in [-0.15, -0.1) is 0 Å². The Morgan fingerprint density at radius 3 is 2.23 bits per heavy atom. The van der Waals surface area contributed by atoms with Gasteiger partial charge in [0.05, 0.1) is 11.9 Å². The Morgan fingerprint density at radius 1 is 1.06 bits per heavy atom. The monoisotopic (exact) mass is 521 g/mol. The van der Waals surface area contributed by atoms with Crippen molar-refractivity contribution in [2.75, 3.05) is 17.1 Å². The van der Waals surface area contributed by atoms with E-state index in [2.05, 4.69) is 5.32 Å². The first-order chi connectivity index (χ1) is 16.3. The van der Waals surface area contributed by atoms with Gasteiger partial charge in [0.25, 0.3) is 0 Å². The van der Waals surface area contributed by atoms with Gasteiger partial charge in [-0.3, -0.25) is 18.7 Å². The number of nitrogens with one attached hydrogen (secondary N) is 1. The molecule has 0 fully saturated rings. The van der Waals surface area contributed by atoms with Crippen molar-refractivity contribution in [1.82, 2.24) is 10.2 Å². The van der Waals surface area contributed by atoms with Crippen LogP contribution in [0.1, 0.15) is 50.0 Å². The van der Waals surface area contributed by atoms with Crippen LogP contribution in [-0.2, 0) is 26.2 Å². The summed E-state index contributed by atoms with van der Waals surface area (Å²) >= 11 is 5.98. The van der Waals surface area contributed by atoms with Crippen LogP contribution in [0.25, 0.3) is 0 Å². The molecular weight excluding hydrogens is 490 g/mol. The number of rotatable bonds is 11. The molecular formula is C25H32ClN3O5S. The van der Waals surface area contributed by atoms with E-state index in [1.54, 1.807) is 43.3 Å². The minimum Gasteiger partial charge on any atom is -0.352 e. The lowest BCUT2D eigenvalue weighted by Gasteiger charge is -2.32. The minimum absolute atomic E-state index is 0.0795. The Morgan fingerprint density at radius 2 is 1.69 bits per heavy atom. The lowest BCUT2D eigenvalue weighted by Crippen LogP contribution is -2.52. The summed E-state index contributed by atoms with van der Waals surface area (Å²) in [6.45, 7) is 6.33. The van der Waals surface area contributed by atoms with Crippen molar-refractivity contribution in [1.29, 1.82) is 0 Å². The Labute approximate surface area is 212 Å². The molecule has 0 saturated heterocycles. The number of halogens is 1. The summed E-state index contributed by atoms with van der Waals surface area (Å²) in [5.41, 5.74) is 1.25. The Hall–Kier alpha value is -2.91. The number of amides is 2. The fraction of sp³-hybridized carbons (Fsp3) is 0.400. The van der Waals surface area contributed by atoms with Gasteiger partial charge in [0.15, 0.2) is 5.78 Å². The van der Waals surface area contributed by atoms with Crippen molar-refractivity contribution in [3.8, 4) is 0 Å². The predicted octanol–water partition coefficient (Wildman–Crippen LogP) is 3.64. The molecule has 0 aromatic heterocycles. The normalized spacial score (nSPS) is 13.0. The summed E-state index contributed by atoms with van der Waals surface area (Å²) in [7, 11) is -3.88. The van der Waals surface area contributed by atoms with Crippen molar-refractivity contribution >= 4 is 44.9 Å². The number of benzene rings is 2. The van der Waals surface area contributed by atoms with E-state index in [0.29, 0.717) is 10.6 Å². The number of hydrogen-bond acceptors (Lipinski definition) is 5. The third-order valence-electron chi connectivity index (χ3n) is 5.65. The van der Waals surface area contributed by atoms with Crippen LogP contribution in [-0.4, -0.2) is 55.8 Å². The highest BCUT2D eigenvalue weighted by molar-refractivity contribution is 7.92. The summed E-state index contributed by atoms with van der Waals surface area (Å²) < 4.78 is 26.2. The summed E-state index contributed by atoms with van der Waals surface area (Å²) in [4.78, 5) is 39.5. The van der Waals surface area contributed by atoms with E-state index < -0.39 is 28.5 Å². The van der Waals surface area contributed by atoms with Gasteiger partial charge in [0.2, 0.25) is 21.8 Å². The fourth-order valence-electron chi connectivity index (χ4n) is 3.33. The van der Waals surface area contributed by atoms with Crippen LogP contribution in [0.3, 0.4) is 0 Å². The molecule has 0 radical (unpaired) electrons. The summed E-state index contributed by atoms with van der Waals surface area (Å²) in [5, 5.41) is 3.40. The third-order valence-corrected chi connectivity index (χ3v) is 7.05. The lowest BCUT2D eigenvalue weighted by atomic mass is 10.1. The Kier molecular flexibility index (Phi) is 9.85. The maximum Gasteiger partial charge on any atom is 0.244 e. The number of carbonyl (C=O) groups excluding carboxylic acids is 3. The maximum atomic E-state index is 13.5. The minimum atomic E-state index is -3.88. The average molecular weight is 522 g/mol. The first-order valence-corrected chi connectivity index (χ1v) is 13.5. The van der Waals surface area contributed by atoms with Gasteiger partial charge >= 0.3 is 0 Å². The zero-order valence-corrected chi connectivity index (χ0v) is 22.2. The molecule has 2 rings (SSSR count). The molecule has 8 nitrogen and oxygen atoms in total. The van der Waals surface area contributed by atoms with Gasteiger partial charge in [-0.25, -0.2) is 8.42 Å². The van der Waals surface area contributed by atoms with Crippen LogP contribution in [0.2, 0.25) is 5.02 Å². The SMILES string of the molecule is CC[C@@H](C)NC(=O)[C@H](C)N(Cc1ccc(Cl)cc1)C(=O)CN(c1cccc(C(C)=O)c1)S(C)(=O)=O. The van der Waals surface area contributed by atoms with Gasteiger partial charge in [0.1, 0.15) is 12.6 Å². The molecule has 10 heteroatoms. The van der Waals surface area contributed by atoms with Crippen LogP contribution in [0, 0.1) is 0 Å². The van der Waals surface area contributed by atoms with Crippen LogP contribution in [0.4, 0.5) is 5.69 Å². The molecule has 0 bridgehead atoms. The van der Waals surface area contributed by atoms with E-state index in [9.17, 15) is 22.8 Å². The van der Waals surface area contributed by atoms with Crippen molar-refractivity contribution < 1.29 is 22.8 Å². The Balaban J connectivity index is 2.41. The molecule has 0 saturated carbocycles. The molecule has 0 spiro atoms. The largest absolute Gasteiger partial charge is 0.352 e. The molecule has 0 heterocycles. The van der Waals surface area contributed by atoms with E-state index in [4.69, 9.17) is 11.6 Å². The van der Waals surface area contributed by atoms with E-state index >= 15 is 0 Å². The number of Topliss-reactive ketones (excluding diaryl/α,β-unsaturated/α-hetero) is 1. The number of hydrogen-bond donors (Lipinski definition) is 1. The molecule has 35 heavy (non-hydrogen) atoms. The van der Waals surface area contributed by atoms with E-state index in [1.165, 1.54) is 24.0 Å². The molecule has 0 aliphatic heterocycles. The molecule has 190 valence electrons. The lowest BCUT2D eigenvalue weighted by molar-refractivity contribution is -0.139. The van der Waals surface area contributed by atoms with E-state index in [0.717, 1.165) is 22.5 Å².